The molecule has 1 aliphatic carbocycles. The van der Waals surface area contributed by atoms with Crippen molar-refractivity contribution < 1.29 is 14.1 Å². The Morgan fingerprint density at radius 3 is 2.92 bits per heavy atom. The number of aromatic nitrogens is 1. The van der Waals surface area contributed by atoms with E-state index in [4.69, 9.17) is 9.26 Å². The number of carbonyl (C=O) groups excluding carboxylic acids is 1. The molecule has 2 aromatic rings. The van der Waals surface area contributed by atoms with Crippen molar-refractivity contribution in [1.29, 1.82) is 0 Å². The van der Waals surface area contributed by atoms with Crippen molar-refractivity contribution in [3.05, 3.63) is 47.3 Å². The number of amides is 1. The molecule has 0 spiro atoms. The average molecular weight is 340 g/mol. The molecule has 5 nitrogen and oxygen atoms in total. The Morgan fingerprint density at radius 2 is 2.04 bits per heavy atom. The van der Waals surface area contributed by atoms with Crippen LogP contribution in [-0.2, 0) is 12.8 Å². The Balaban J connectivity index is 1.39. The number of carbonyl (C=O) groups is 1. The van der Waals surface area contributed by atoms with Crippen LogP contribution in [0.25, 0.3) is 0 Å². The number of piperidine rings is 1. The predicted molar refractivity (Wildman–Crippen MR) is 93.7 cm³/mol. The normalized spacial score (nSPS) is 20.2. The molecular formula is C20H24N2O3. The van der Waals surface area contributed by atoms with Crippen LogP contribution in [0.2, 0.25) is 0 Å². The second-order valence-corrected chi connectivity index (χ2v) is 7.02. The van der Waals surface area contributed by atoms with Crippen molar-refractivity contribution in [3.8, 4) is 5.75 Å². The first kappa shape index (κ1) is 16.2. The highest BCUT2D eigenvalue weighted by atomic mass is 16.5. The van der Waals surface area contributed by atoms with E-state index in [0.717, 1.165) is 68.7 Å². The largest absolute Gasteiger partial charge is 0.493 e. The number of para-hydroxylation sites is 1. The first-order valence-corrected chi connectivity index (χ1v) is 9.26. The van der Waals surface area contributed by atoms with Gasteiger partial charge in [-0.15, -0.1) is 0 Å². The van der Waals surface area contributed by atoms with E-state index < -0.39 is 0 Å². The fourth-order valence-electron chi connectivity index (χ4n) is 3.82. The molecule has 1 unspecified atom stereocenters. The Kier molecular flexibility index (Phi) is 4.72. The van der Waals surface area contributed by atoms with Gasteiger partial charge in [-0.25, -0.2) is 0 Å². The van der Waals surface area contributed by atoms with Crippen LogP contribution in [0.5, 0.6) is 5.75 Å². The maximum Gasteiger partial charge on any atom is 0.276 e. The van der Waals surface area contributed by atoms with E-state index in [2.05, 4.69) is 5.16 Å². The van der Waals surface area contributed by atoms with Gasteiger partial charge in [-0.1, -0.05) is 23.4 Å². The molecule has 25 heavy (non-hydrogen) atoms. The standard InChI is InChI=1S/C20H24N2O3/c23-20(19-17-10-4-5-11-18(17)25-21-19)22-12-6-7-15(13-22)14-24-16-8-2-1-3-9-16/h1-3,8-9,15H,4-7,10-14H2. The molecule has 1 aromatic carbocycles. The summed E-state index contributed by atoms with van der Waals surface area (Å²) in [6.07, 6.45) is 6.15. The van der Waals surface area contributed by atoms with Gasteiger partial charge in [0.2, 0.25) is 0 Å². The third-order valence-electron chi connectivity index (χ3n) is 5.19. The zero-order valence-electron chi connectivity index (χ0n) is 14.4. The lowest BCUT2D eigenvalue weighted by molar-refractivity contribution is 0.0622. The van der Waals surface area contributed by atoms with E-state index in [0.29, 0.717) is 18.2 Å². The van der Waals surface area contributed by atoms with Gasteiger partial charge in [0.05, 0.1) is 6.61 Å². The predicted octanol–water partition coefficient (Wildman–Crippen LogP) is 3.48. The summed E-state index contributed by atoms with van der Waals surface area (Å²) >= 11 is 0. The average Bonchev–Trinajstić information content (AvgIpc) is 3.11. The van der Waals surface area contributed by atoms with Crippen molar-refractivity contribution in [2.24, 2.45) is 5.92 Å². The number of hydrogen-bond donors (Lipinski definition) is 0. The first-order valence-electron chi connectivity index (χ1n) is 9.26. The molecular weight excluding hydrogens is 316 g/mol. The molecule has 1 atom stereocenters. The van der Waals surface area contributed by atoms with Crippen molar-refractivity contribution in [1.82, 2.24) is 10.1 Å². The van der Waals surface area contributed by atoms with Crippen LogP contribution in [0.1, 0.15) is 47.5 Å². The SMILES string of the molecule is O=C(c1noc2c1CCCC2)N1CCCC(COc2ccccc2)C1. The molecule has 0 radical (unpaired) electrons. The van der Waals surface area contributed by atoms with Crippen LogP contribution in [-0.4, -0.2) is 35.7 Å². The highest BCUT2D eigenvalue weighted by Crippen LogP contribution is 2.27. The maximum absolute atomic E-state index is 12.9. The third kappa shape index (κ3) is 3.55. The van der Waals surface area contributed by atoms with Crippen molar-refractivity contribution >= 4 is 5.91 Å². The lowest BCUT2D eigenvalue weighted by Gasteiger charge is -2.32. The quantitative estimate of drug-likeness (QED) is 0.855. The number of aryl methyl sites for hydroxylation is 1. The number of nitrogens with zero attached hydrogens (tertiary/aromatic N) is 2. The second-order valence-electron chi connectivity index (χ2n) is 7.02. The van der Waals surface area contributed by atoms with Gasteiger partial charge < -0.3 is 14.2 Å². The molecule has 1 saturated heterocycles. The third-order valence-corrected chi connectivity index (χ3v) is 5.19. The van der Waals surface area contributed by atoms with Gasteiger partial charge in [0.1, 0.15) is 11.5 Å². The van der Waals surface area contributed by atoms with E-state index in [1.807, 2.05) is 35.2 Å². The highest BCUT2D eigenvalue weighted by Gasteiger charge is 2.30. The van der Waals surface area contributed by atoms with Crippen LogP contribution in [0.15, 0.2) is 34.9 Å². The van der Waals surface area contributed by atoms with Gasteiger partial charge in [-0.2, -0.15) is 0 Å². The summed E-state index contributed by atoms with van der Waals surface area (Å²) < 4.78 is 11.3. The fraction of sp³-hybridized carbons (Fsp3) is 0.500. The lowest BCUT2D eigenvalue weighted by atomic mass is 9.95. The number of ether oxygens (including phenoxy) is 1. The fourth-order valence-corrected chi connectivity index (χ4v) is 3.82. The molecule has 1 aliphatic heterocycles. The van der Waals surface area contributed by atoms with Gasteiger partial charge in [0.15, 0.2) is 5.69 Å². The Hall–Kier alpha value is -2.30. The summed E-state index contributed by atoms with van der Waals surface area (Å²) in [6.45, 7) is 2.17. The number of hydrogen-bond acceptors (Lipinski definition) is 4. The van der Waals surface area contributed by atoms with Crippen LogP contribution in [0.4, 0.5) is 0 Å². The number of likely N-dealkylation sites (tertiary alicyclic amines) is 1. The van der Waals surface area contributed by atoms with Gasteiger partial charge in [-0.3, -0.25) is 4.79 Å². The van der Waals surface area contributed by atoms with Gasteiger partial charge in [0.25, 0.3) is 5.91 Å². The molecule has 0 saturated carbocycles. The van der Waals surface area contributed by atoms with Crippen LogP contribution in [0, 0.1) is 5.92 Å². The van der Waals surface area contributed by atoms with Crippen molar-refractivity contribution in [3.63, 3.8) is 0 Å². The molecule has 1 aromatic heterocycles. The number of fused-ring (bicyclic) bond motifs is 1. The van der Waals surface area contributed by atoms with Gasteiger partial charge >= 0.3 is 0 Å². The first-order chi connectivity index (χ1) is 12.3. The molecule has 1 fully saturated rings. The van der Waals surface area contributed by atoms with Gasteiger partial charge in [-0.05, 0) is 44.2 Å². The summed E-state index contributed by atoms with van der Waals surface area (Å²) in [7, 11) is 0. The molecule has 2 aliphatic rings. The lowest BCUT2D eigenvalue weighted by Crippen LogP contribution is -2.42. The van der Waals surface area contributed by atoms with Crippen LogP contribution >= 0.6 is 0 Å². The maximum atomic E-state index is 12.9. The summed E-state index contributed by atoms with van der Waals surface area (Å²) in [5.41, 5.74) is 1.58. The minimum Gasteiger partial charge on any atom is -0.493 e. The highest BCUT2D eigenvalue weighted by molar-refractivity contribution is 5.94. The molecule has 5 heteroatoms. The van der Waals surface area contributed by atoms with E-state index >= 15 is 0 Å². The van der Waals surface area contributed by atoms with E-state index in [1.54, 1.807) is 0 Å². The van der Waals surface area contributed by atoms with E-state index in [9.17, 15) is 4.79 Å². The summed E-state index contributed by atoms with van der Waals surface area (Å²) in [5, 5.41) is 4.09. The van der Waals surface area contributed by atoms with Crippen LogP contribution < -0.4 is 4.74 Å². The summed E-state index contributed by atoms with van der Waals surface area (Å²) in [4.78, 5) is 14.8. The number of benzene rings is 1. The zero-order chi connectivity index (χ0) is 17.1. The topological polar surface area (TPSA) is 55.6 Å². The molecule has 132 valence electrons. The molecule has 2 heterocycles. The Bertz CT molecular complexity index is 726. The van der Waals surface area contributed by atoms with E-state index in [1.165, 1.54) is 0 Å². The van der Waals surface area contributed by atoms with Gasteiger partial charge in [0, 0.05) is 31.0 Å². The summed E-state index contributed by atoms with van der Waals surface area (Å²) in [5.74, 6) is 2.18. The van der Waals surface area contributed by atoms with Crippen molar-refractivity contribution in [2.75, 3.05) is 19.7 Å². The molecule has 4 rings (SSSR count). The van der Waals surface area contributed by atoms with Crippen molar-refractivity contribution in [2.45, 2.75) is 38.5 Å². The smallest absolute Gasteiger partial charge is 0.276 e. The minimum atomic E-state index is 0.0244. The number of rotatable bonds is 4. The minimum absolute atomic E-state index is 0.0244. The molecule has 1 amide bonds. The Morgan fingerprint density at radius 1 is 1.20 bits per heavy atom. The monoisotopic (exact) mass is 340 g/mol. The Labute approximate surface area is 147 Å². The summed E-state index contributed by atoms with van der Waals surface area (Å²) in [6, 6.07) is 9.85. The van der Waals surface area contributed by atoms with Crippen LogP contribution in [0.3, 0.4) is 0 Å². The zero-order valence-corrected chi connectivity index (χ0v) is 14.4. The molecule has 0 N–H and O–H groups in total. The molecule has 0 bridgehead atoms. The second kappa shape index (κ2) is 7.30. The van der Waals surface area contributed by atoms with E-state index in [-0.39, 0.29) is 5.91 Å².